The summed E-state index contributed by atoms with van der Waals surface area (Å²) >= 11 is 0. The standard InChI is InChI=1S/C27H25O2S/c1-27(2,20-9-3-4-10-20)29-26(28)19-15-17-21(18-16-19)30-24-13-7-5-11-22(24)23-12-6-8-14-25(23)30/h3,5-9,11-18,20H,4,10H2,1-2H3/q+1. The smallest absolute Gasteiger partial charge is 0.338 e. The Hall–Kier alpha value is -2.91. The molecule has 30 heavy (non-hydrogen) atoms. The fourth-order valence-corrected chi connectivity index (χ4v) is 6.80. The summed E-state index contributed by atoms with van der Waals surface area (Å²) in [6, 6.07) is 25.2. The van der Waals surface area contributed by atoms with Crippen molar-refractivity contribution < 1.29 is 9.53 Å². The van der Waals surface area contributed by atoms with E-state index < -0.39 is 5.60 Å². The predicted octanol–water partition coefficient (Wildman–Crippen LogP) is 7.63. The zero-order valence-electron chi connectivity index (χ0n) is 17.3. The van der Waals surface area contributed by atoms with Gasteiger partial charge in [0.25, 0.3) is 0 Å². The molecular weight excluding hydrogens is 388 g/mol. The molecule has 0 spiro atoms. The van der Waals surface area contributed by atoms with Gasteiger partial charge in [-0.2, -0.15) is 0 Å². The molecule has 0 N–H and O–H groups in total. The maximum Gasteiger partial charge on any atom is 0.338 e. The molecule has 3 aromatic carbocycles. The number of fused-ring (bicyclic) bond motifs is 3. The molecule has 0 radical (unpaired) electrons. The number of ether oxygens (including phenoxy) is 1. The van der Waals surface area contributed by atoms with Crippen molar-refractivity contribution in [3.8, 4) is 4.90 Å². The van der Waals surface area contributed by atoms with Crippen LogP contribution >= 0.6 is 10.5 Å². The van der Waals surface area contributed by atoms with Crippen LogP contribution in [0.2, 0.25) is 0 Å². The quantitative estimate of drug-likeness (QED) is 0.195. The van der Waals surface area contributed by atoms with E-state index in [0.29, 0.717) is 5.56 Å². The van der Waals surface area contributed by atoms with E-state index in [0.717, 1.165) is 12.8 Å². The molecule has 1 aliphatic carbocycles. The van der Waals surface area contributed by atoms with Gasteiger partial charge in [-0.05, 0) is 75.2 Å². The fraction of sp³-hybridized carbons (Fsp3) is 0.222. The highest BCUT2D eigenvalue weighted by molar-refractivity contribution is 7.50. The van der Waals surface area contributed by atoms with Crippen molar-refractivity contribution in [1.82, 2.24) is 0 Å². The number of rotatable bonds is 4. The first kappa shape index (κ1) is 19.1. The van der Waals surface area contributed by atoms with Gasteiger partial charge in [-0.3, -0.25) is 0 Å². The first-order chi connectivity index (χ1) is 14.5. The van der Waals surface area contributed by atoms with Crippen LogP contribution in [0.5, 0.6) is 0 Å². The second kappa shape index (κ2) is 7.41. The van der Waals surface area contributed by atoms with Crippen molar-refractivity contribution in [2.45, 2.75) is 32.3 Å². The maximum absolute atomic E-state index is 12.8. The molecule has 0 saturated carbocycles. The van der Waals surface area contributed by atoms with Crippen LogP contribution in [0.4, 0.5) is 0 Å². The lowest BCUT2D eigenvalue weighted by atomic mass is 9.90. The van der Waals surface area contributed by atoms with E-state index >= 15 is 0 Å². The second-order valence-electron chi connectivity index (χ2n) is 8.43. The van der Waals surface area contributed by atoms with E-state index in [1.165, 1.54) is 25.1 Å². The number of hydrogen-bond acceptors (Lipinski definition) is 2. The molecule has 0 aliphatic heterocycles. The summed E-state index contributed by atoms with van der Waals surface area (Å²) in [6.07, 6.45) is 6.45. The van der Waals surface area contributed by atoms with Gasteiger partial charge in [-0.15, -0.1) is 0 Å². The Balaban J connectivity index is 1.48. The van der Waals surface area contributed by atoms with Crippen LogP contribution in [0.3, 0.4) is 0 Å². The highest BCUT2D eigenvalue weighted by atomic mass is 32.2. The molecule has 2 nitrogen and oxygen atoms in total. The molecule has 0 saturated heterocycles. The molecule has 5 rings (SSSR count). The van der Waals surface area contributed by atoms with E-state index in [-0.39, 0.29) is 22.4 Å². The van der Waals surface area contributed by atoms with Crippen molar-refractivity contribution in [1.29, 1.82) is 0 Å². The van der Waals surface area contributed by atoms with Crippen LogP contribution in [0.25, 0.3) is 25.1 Å². The van der Waals surface area contributed by atoms with Gasteiger partial charge in [-0.25, -0.2) is 4.79 Å². The molecule has 4 aromatic rings. The molecule has 1 aromatic heterocycles. The zero-order chi connectivity index (χ0) is 20.7. The first-order valence-corrected chi connectivity index (χ1v) is 11.7. The number of carbonyl (C=O) groups is 1. The van der Waals surface area contributed by atoms with Gasteiger partial charge < -0.3 is 4.74 Å². The molecule has 0 bridgehead atoms. The van der Waals surface area contributed by atoms with Crippen LogP contribution < -0.4 is 0 Å². The number of benzene rings is 3. The first-order valence-electron chi connectivity index (χ1n) is 10.5. The summed E-state index contributed by atoms with van der Waals surface area (Å²) in [5.41, 5.74) is 0.117. The van der Waals surface area contributed by atoms with Crippen molar-refractivity contribution in [3.05, 3.63) is 90.5 Å². The molecule has 0 fully saturated rings. The summed E-state index contributed by atoms with van der Waals surface area (Å²) in [7, 11) is -0.144. The minimum Gasteiger partial charge on any atom is -0.455 e. The topological polar surface area (TPSA) is 26.3 Å². The molecule has 1 unspecified atom stereocenters. The van der Waals surface area contributed by atoms with Crippen LogP contribution in [0.1, 0.15) is 37.0 Å². The highest BCUT2D eigenvalue weighted by Gasteiger charge is 2.33. The molecule has 1 heterocycles. The number of thiophene rings is 1. The van der Waals surface area contributed by atoms with Crippen LogP contribution in [-0.2, 0) is 4.74 Å². The molecule has 3 heteroatoms. The minimum atomic E-state index is -0.492. The van der Waals surface area contributed by atoms with E-state index in [2.05, 4.69) is 72.8 Å². The van der Waals surface area contributed by atoms with Gasteiger partial charge in [0.1, 0.15) is 5.60 Å². The Morgan fingerprint density at radius 3 is 2.07 bits per heavy atom. The van der Waals surface area contributed by atoms with Crippen LogP contribution in [0, 0.1) is 5.92 Å². The Kier molecular flexibility index (Phi) is 4.71. The summed E-state index contributed by atoms with van der Waals surface area (Å²) in [6.45, 7) is 4.01. The second-order valence-corrected chi connectivity index (χ2v) is 10.4. The Labute approximate surface area is 179 Å². The van der Waals surface area contributed by atoms with Crippen LogP contribution in [-0.4, -0.2) is 11.6 Å². The monoisotopic (exact) mass is 413 g/mol. The van der Waals surface area contributed by atoms with Crippen molar-refractivity contribution in [2.24, 2.45) is 5.92 Å². The Morgan fingerprint density at radius 2 is 1.50 bits per heavy atom. The SMILES string of the molecule is CC(C)(OC(=O)c1ccc(-[s+]2c3ccccc3c3ccccc32)cc1)C1C=CCC1. The third-order valence-corrected chi connectivity index (χ3v) is 8.43. The maximum atomic E-state index is 12.8. The average Bonchev–Trinajstić information content (AvgIpc) is 3.41. The van der Waals surface area contributed by atoms with E-state index in [1.807, 2.05) is 26.0 Å². The summed E-state index contributed by atoms with van der Waals surface area (Å²) < 4.78 is 8.60. The zero-order valence-corrected chi connectivity index (χ0v) is 18.1. The van der Waals surface area contributed by atoms with Crippen LogP contribution in [0.15, 0.2) is 84.9 Å². The molecule has 150 valence electrons. The highest BCUT2D eigenvalue weighted by Crippen LogP contribution is 2.48. The van der Waals surface area contributed by atoms with E-state index in [4.69, 9.17) is 4.74 Å². The largest absolute Gasteiger partial charge is 0.455 e. The fourth-order valence-electron chi connectivity index (χ4n) is 4.42. The third-order valence-electron chi connectivity index (χ3n) is 6.09. The third kappa shape index (κ3) is 3.23. The summed E-state index contributed by atoms with van der Waals surface area (Å²) in [5.74, 6) is 0.0381. The van der Waals surface area contributed by atoms with Gasteiger partial charge in [0.2, 0.25) is 0 Å². The van der Waals surface area contributed by atoms with Gasteiger partial charge in [0.05, 0.1) is 5.56 Å². The van der Waals surface area contributed by atoms with Gasteiger partial charge in [0, 0.05) is 27.2 Å². The Morgan fingerprint density at radius 1 is 0.900 bits per heavy atom. The summed E-state index contributed by atoms with van der Waals surface area (Å²) in [5, 5.41) is 2.62. The average molecular weight is 414 g/mol. The van der Waals surface area contributed by atoms with Crippen molar-refractivity contribution >= 4 is 36.6 Å². The van der Waals surface area contributed by atoms with E-state index in [1.54, 1.807) is 0 Å². The number of carbonyl (C=O) groups excluding carboxylic acids is 1. The normalized spacial score (nSPS) is 16.4. The predicted molar refractivity (Wildman–Crippen MR) is 127 cm³/mol. The molecule has 1 aliphatic rings. The van der Waals surface area contributed by atoms with E-state index in [9.17, 15) is 4.79 Å². The lowest BCUT2D eigenvalue weighted by molar-refractivity contribution is -0.0199. The van der Waals surface area contributed by atoms with Crippen molar-refractivity contribution in [2.75, 3.05) is 0 Å². The van der Waals surface area contributed by atoms with Gasteiger partial charge in [0.15, 0.2) is 14.3 Å². The molecular formula is C27H25O2S+. The number of hydrogen-bond donors (Lipinski definition) is 0. The Bertz CT molecular complexity index is 1210. The van der Waals surface area contributed by atoms with Crippen molar-refractivity contribution in [3.63, 3.8) is 0 Å². The summed E-state index contributed by atoms with van der Waals surface area (Å²) in [4.78, 5) is 14.0. The molecule has 0 amide bonds. The number of esters is 1. The van der Waals surface area contributed by atoms with Gasteiger partial charge >= 0.3 is 5.97 Å². The number of allylic oxidation sites excluding steroid dienone is 1. The minimum absolute atomic E-state index is 0.144. The molecule has 1 atom stereocenters. The lowest BCUT2D eigenvalue weighted by Crippen LogP contribution is -2.35. The van der Waals surface area contributed by atoms with Gasteiger partial charge in [-0.1, -0.05) is 36.4 Å². The lowest BCUT2D eigenvalue weighted by Gasteiger charge is -2.30.